The van der Waals surface area contributed by atoms with Gasteiger partial charge in [0.1, 0.15) is 11.6 Å². The molecule has 0 fully saturated rings. The molecule has 0 amide bonds. The topological polar surface area (TPSA) is 44.1 Å². The Morgan fingerprint density at radius 2 is 1.77 bits per heavy atom. The van der Waals surface area contributed by atoms with Crippen molar-refractivity contribution in [2.24, 2.45) is 7.05 Å². The molecular formula is C18H16N2O2. The molecule has 22 heavy (non-hydrogen) atoms. The molecule has 0 aliphatic rings. The van der Waals surface area contributed by atoms with E-state index < -0.39 is 0 Å². The van der Waals surface area contributed by atoms with Crippen molar-refractivity contribution in [3.8, 4) is 5.75 Å². The van der Waals surface area contributed by atoms with Gasteiger partial charge in [-0.15, -0.1) is 0 Å². The molecule has 1 aromatic heterocycles. The molecule has 4 heteroatoms. The van der Waals surface area contributed by atoms with Crippen LogP contribution in [0.5, 0.6) is 5.75 Å². The van der Waals surface area contributed by atoms with Gasteiger partial charge in [-0.1, -0.05) is 30.3 Å². The fraction of sp³-hybridized carbons (Fsp3) is 0.111. The number of hydrogen-bond donors (Lipinski definition) is 0. The molecule has 3 aromatic rings. The molecule has 110 valence electrons. The molecule has 3 rings (SSSR count). The van der Waals surface area contributed by atoms with E-state index in [0.717, 1.165) is 11.3 Å². The molecule has 1 heterocycles. The number of ether oxygens (including phenoxy) is 1. The Balaban J connectivity index is 2.01. The Bertz CT molecular complexity index is 893. The van der Waals surface area contributed by atoms with Gasteiger partial charge in [0.15, 0.2) is 0 Å². The van der Waals surface area contributed by atoms with Gasteiger partial charge in [-0.05, 0) is 35.9 Å². The van der Waals surface area contributed by atoms with Crippen LogP contribution in [0.25, 0.3) is 23.1 Å². The average molecular weight is 292 g/mol. The van der Waals surface area contributed by atoms with Crippen LogP contribution in [-0.2, 0) is 7.05 Å². The molecule has 0 bridgehead atoms. The summed E-state index contributed by atoms with van der Waals surface area (Å²) >= 11 is 0. The second-order valence-electron chi connectivity index (χ2n) is 4.96. The fourth-order valence-corrected chi connectivity index (χ4v) is 2.27. The number of hydrogen-bond acceptors (Lipinski definition) is 3. The van der Waals surface area contributed by atoms with Gasteiger partial charge in [-0.25, -0.2) is 4.98 Å². The number of para-hydroxylation sites is 1. The quantitative estimate of drug-likeness (QED) is 0.745. The van der Waals surface area contributed by atoms with Gasteiger partial charge in [-0.3, -0.25) is 9.36 Å². The van der Waals surface area contributed by atoms with E-state index in [1.165, 1.54) is 0 Å². The molecule has 0 N–H and O–H groups in total. The summed E-state index contributed by atoms with van der Waals surface area (Å²) in [5.41, 5.74) is 1.68. The lowest BCUT2D eigenvalue weighted by Gasteiger charge is -2.05. The lowest BCUT2D eigenvalue weighted by atomic mass is 10.2. The van der Waals surface area contributed by atoms with Crippen molar-refractivity contribution in [2.75, 3.05) is 7.11 Å². The van der Waals surface area contributed by atoms with E-state index in [9.17, 15) is 4.79 Å². The molecule has 0 saturated carbocycles. The average Bonchev–Trinajstić information content (AvgIpc) is 2.57. The summed E-state index contributed by atoms with van der Waals surface area (Å²) < 4.78 is 6.69. The van der Waals surface area contributed by atoms with Crippen LogP contribution in [0, 0.1) is 0 Å². The summed E-state index contributed by atoms with van der Waals surface area (Å²) in [6, 6.07) is 15.1. The van der Waals surface area contributed by atoms with Crippen molar-refractivity contribution in [3.63, 3.8) is 0 Å². The normalized spacial score (nSPS) is 11.2. The first-order valence-corrected chi connectivity index (χ1v) is 6.97. The highest BCUT2D eigenvalue weighted by molar-refractivity contribution is 5.79. The Hall–Kier alpha value is -2.88. The van der Waals surface area contributed by atoms with Gasteiger partial charge in [0.2, 0.25) is 0 Å². The van der Waals surface area contributed by atoms with E-state index in [2.05, 4.69) is 4.98 Å². The first-order valence-electron chi connectivity index (χ1n) is 6.97. The van der Waals surface area contributed by atoms with Crippen LogP contribution in [0.3, 0.4) is 0 Å². The van der Waals surface area contributed by atoms with Crippen LogP contribution in [0.4, 0.5) is 0 Å². The SMILES string of the molecule is COc1ccc(C=Cc2nc3ccccc3c(=O)n2C)cc1. The summed E-state index contributed by atoms with van der Waals surface area (Å²) in [6.45, 7) is 0. The highest BCUT2D eigenvalue weighted by atomic mass is 16.5. The molecular weight excluding hydrogens is 276 g/mol. The summed E-state index contributed by atoms with van der Waals surface area (Å²) in [4.78, 5) is 16.9. The lowest BCUT2D eigenvalue weighted by Crippen LogP contribution is -2.20. The smallest absolute Gasteiger partial charge is 0.261 e. The Morgan fingerprint density at radius 1 is 1.05 bits per heavy atom. The first-order chi connectivity index (χ1) is 10.7. The number of methoxy groups -OCH3 is 1. The predicted octanol–water partition coefficient (Wildman–Crippen LogP) is 3.11. The van der Waals surface area contributed by atoms with Gasteiger partial charge in [0.25, 0.3) is 5.56 Å². The van der Waals surface area contributed by atoms with Crippen LogP contribution >= 0.6 is 0 Å². The second kappa shape index (κ2) is 5.85. The first kappa shape index (κ1) is 14.1. The van der Waals surface area contributed by atoms with Crippen LogP contribution in [0.2, 0.25) is 0 Å². The van der Waals surface area contributed by atoms with Crippen molar-refractivity contribution in [1.82, 2.24) is 9.55 Å². The zero-order chi connectivity index (χ0) is 15.5. The maximum Gasteiger partial charge on any atom is 0.261 e. The highest BCUT2D eigenvalue weighted by Crippen LogP contribution is 2.14. The minimum Gasteiger partial charge on any atom is -0.497 e. The zero-order valence-corrected chi connectivity index (χ0v) is 12.5. The molecule has 2 aromatic carbocycles. The number of aromatic nitrogens is 2. The minimum absolute atomic E-state index is 0.0417. The lowest BCUT2D eigenvalue weighted by molar-refractivity contribution is 0.415. The maximum absolute atomic E-state index is 12.3. The summed E-state index contributed by atoms with van der Waals surface area (Å²) in [5.74, 6) is 1.44. The summed E-state index contributed by atoms with van der Waals surface area (Å²) in [7, 11) is 3.37. The van der Waals surface area contributed by atoms with Gasteiger partial charge >= 0.3 is 0 Å². The molecule has 0 aliphatic carbocycles. The van der Waals surface area contributed by atoms with Crippen molar-refractivity contribution in [2.45, 2.75) is 0 Å². The van der Waals surface area contributed by atoms with E-state index in [1.807, 2.05) is 54.6 Å². The van der Waals surface area contributed by atoms with Crippen molar-refractivity contribution < 1.29 is 4.74 Å². The van der Waals surface area contributed by atoms with Crippen molar-refractivity contribution >= 4 is 23.1 Å². The highest BCUT2D eigenvalue weighted by Gasteiger charge is 2.05. The number of fused-ring (bicyclic) bond motifs is 1. The summed E-state index contributed by atoms with van der Waals surface area (Å²) in [5, 5.41) is 0.631. The van der Waals surface area contributed by atoms with E-state index >= 15 is 0 Å². The van der Waals surface area contributed by atoms with Crippen LogP contribution in [-0.4, -0.2) is 16.7 Å². The third-order valence-corrected chi connectivity index (χ3v) is 3.56. The van der Waals surface area contributed by atoms with Crippen molar-refractivity contribution in [1.29, 1.82) is 0 Å². The van der Waals surface area contributed by atoms with Crippen LogP contribution < -0.4 is 10.3 Å². The fourth-order valence-electron chi connectivity index (χ4n) is 2.27. The summed E-state index contributed by atoms with van der Waals surface area (Å²) in [6.07, 6.45) is 3.77. The largest absolute Gasteiger partial charge is 0.497 e. The van der Waals surface area contributed by atoms with E-state index in [4.69, 9.17) is 4.74 Å². The van der Waals surface area contributed by atoms with E-state index in [-0.39, 0.29) is 5.56 Å². The van der Waals surface area contributed by atoms with Gasteiger partial charge < -0.3 is 4.74 Å². The standard InChI is InChI=1S/C18H16N2O2/c1-20-17(12-9-13-7-10-14(22-2)11-8-13)19-16-6-4-3-5-15(16)18(20)21/h3-12H,1-2H3. The Kier molecular flexibility index (Phi) is 3.74. The van der Waals surface area contributed by atoms with E-state index in [0.29, 0.717) is 16.7 Å². The molecule has 0 aliphatic heterocycles. The number of nitrogens with zero attached hydrogens (tertiary/aromatic N) is 2. The second-order valence-corrected chi connectivity index (χ2v) is 4.96. The van der Waals surface area contributed by atoms with Crippen LogP contribution in [0.1, 0.15) is 11.4 Å². The molecule has 4 nitrogen and oxygen atoms in total. The molecule has 0 unspecified atom stereocenters. The zero-order valence-electron chi connectivity index (χ0n) is 12.5. The third-order valence-electron chi connectivity index (χ3n) is 3.56. The molecule has 0 radical (unpaired) electrons. The Morgan fingerprint density at radius 3 is 2.50 bits per heavy atom. The van der Waals surface area contributed by atoms with Crippen molar-refractivity contribution in [3.05, 3.63) is 70.3 Å². The monoisotopic (exact) mass is 292 g/mol. The molecule has 0 spiro atoms. The van der Waals surface area contributed by atoms with Gasteiger partial charge in [0.05, 0.1) is 18.0 Å². The maximum atomic E-state index is 12.3. The number of benzene rings is 2. The Labute approximate surface area is 128 Å². The third kappa shape index (κ3) is 2.63. The minimum atomic E-state index is -0.0417. The predicted molar refractivity (Wildman–Crippen MR) is 88.9 cm³/mol. The van der Waals surface area contributed by atoms with Gasteiger partial charge in [-0.2, -0.15) is 0 Å². The van der Waals surface area contributed by atoms with Crippen LogP contribution in [0.15, 0.2) is 53.3 Å². The van der Waals surface area contributed by atoms with E-state index in [1.54, 1.807) is 24.8 Å². The molecule has 0 atom stereocenters. The molecule has 0 saturated heterocycles. The number of rotatable bonds is 3. The van der Waals surface area contributed by atoms with Gasteiger partial charge in [0, 0.05) is 7.05 Å².